The summed E-state index contributed by atoms with van der Waals surface area (Å²) in [6.45, 7) is 13.7. The second-order valence-electron chi connectivity index (χ2n) is 6.34. The van der Waals surface area contributed by atoms with Crippen LogP contribution in [0.25, 0.3) is 0 Å². The molecule has 4 nitrogen and oxygen atoms in total. The van der Waals surface area contributed by atoms with E-state index >= 15 is 0 Å². The Labute approximate surface area is 122 Å². The lowest BCUT2D eigenvalue weighted by atomic mass is 10.0. The van der Waals surface area contributed by atoms with Crippen molar-refractivity contribution in [3.8, 4) is 5.75 Å². The first-order chi connectivity index (χ1) is 9.40. The first kappa shape index (κ1) is 15.0. The topological polar surface area (TPSA) is 41.7 Å². The molecule has 1 saturated heterocycles. The Bertz CT molecular complexity index is 446. The van der Waals surface area contributed by atoms with Crippen LogP contribution in [0.1, 0.15) is 27.7 Å². The van der Waals surface area contributed by atoms with Crippen molar-refractivity contribution in [2.75, 3.05) is 43.4 Å². The van der Waals surface area contributed by atoms with E-state index in [1.54, 1.807) is 0 Å². The smallest absolute Gasteiger partial charge is 0.123 e. The number of benzene rings is 1. The standard InChI is InChI=1S/C16H27N3O/c1-5-20-15-11-13(17)10-14(12-15)18-6-8-19(9-7-18)16(2,3)4/h10-12H,5-9,17H2,1-4H3. The third-order valence-electron chi connectivity index (χ3n) is 3.82. The van der Waals surface area contributed by atoms with Crippen molar-refractivity contribution in [2.45, 2.75) is 33.2 Å². The molecule has 1 fully saturated rings. The van der Waals surface area contributed by atoms with E-state index in [-0.39, 0.29) is 5.54 Å². The molecule has 0 bridgehead atoms. The van der Waals surface area contributed by atoms with Crippen LogP contribution in [0.2, 0.25) is 0 Å². The van der Waals surface area contributed by atoms with Crippen molar-refractivity contribution in [3.63, 3.8) is 0 Å². The maximum absolute atomic E-state index is 5.98. The van der Waals surface area contributed by atoms with Crippen molar-refractivity contribution in [1.82, 2.24) is 4.90 Å². The summed E-state index contributed by atoms with van der Waals surface area (Å²) in [4.78, 5) is 4.92. The Kier molecular flexibility index (Phi) is 4.43. The van der Waals surface area contributed by atoms with Gasteiger partial charge in [-0.05, 0) is 33.8 Å². The summed E-state index contributed by atoms with van der Waals surface area (Å²) < 4.78 is 5.58. The molecule has 0 aromatic heterocycles. The maximum Gasteiger partial charge on any atom is 0.123 e. The molecule has 0 atom stereocenters. The largest absolute Gasteiger partial charge is 0.494 e. The van der Waals surface area contributed by atoms with Gasteiger partial charge in [0.1, 0.15) is 5.75 Å². The van der Waals surface area contributed by atoms with E-state index in [0.29, 0.717) is 6.61 Å². The summed E-state index contributed by atoms with van der Waals surface area (Å²) in [5.74, 6) is 0.862. The molecule has 0 radical (unpaired) electrons. The monoisotopic (exact) mass is 277 g/mol. The van der Waals surface area contributed by atoms with Crippen molar-refractivity contribution >= 4 is 11.4 Å². The Balaban J connectivity index is 2.07. The molecule has 0 spiro atoms. The molecule has 1 heterocycles. The van der Waals surface area contributed by atoms with Crippen molar-refractivity contribution in [2.24, 2.45) is 0 Å². The number of nitrogen functional groups attached to an aromatic ring is 1. The van der Waals surface area contributed by atoms with Gasteiger partial charge in [0.05, 0.1) is 6.61 Å². The molecule has 1 aliphatic rings. The predicted molar refractivity (Wildman–Crippen MR) is 85.6 cm³/mol. The minimum Gasteiger partial charge on any atom is -0.494 e. The third-order valence-corrected chi connectivity index (χ3v) is 3.82. The van der Waals surface area contributed by atoms with Crippen LogP contribution in [0.5, 0.6) is 5.75 Å². The molecule has 4 heteroatoms. The number of piperazine rings is 1. The number of nitrogens with two attached hydrogens (primary N) is 1. The molecule has 1 aliphatic heterocycles. The van der Waals surface area contributed by atoms with Crippen molar-refractivity contribution in [1.29, 1.82) is 0 Å². The van der Waals surface area contributed by atoms with E-state index < -0.39 is 0 Å². The third kappa shape index (κ3) is 3.57. The molecular formula is C16H27N3O. The van der Waals surface area contributed by atoms with E-state index in [2.05, 4.69) is 36.6 Å². The highest BCUT2D eigenvalue weighted by atomic mass is 16.5. The van der Waals surface area contributed by atoms with Crippen molar-refractivity contribution < 1.29 is 4.74 Å². The van der Waals surface area contributed by atoms with Gasteiger partial charge in [0.15, 0.2) is 0 Å². The molecule has 0 saturated carbocycles. The molecule has 2 rings (SSSR count). The fourth-order valence-corrected chi connectivity index (χ4v) is 2.67. The molecule has 0 aliphatic carbocycles. The summed E-state index contributed by atoms with van der Waals surface area (Å²) in [5, 5.41) is 0. The lowest BCUT2D eigenvalue weighted by molar-refractivity contribution is 0.128. The van der Waals surface area contributed by atoms with Gasteiger partial charge in [-0.15, -0.1) is 0 Å². The minimum absolute atomic E-state index is 0.248. The zero-order valence-electron chi connectivity index (χ0n) is 13.1. The number of nitrogens with zero attached hydrogens (tertiary/aromatic N) is 2. The normalized spacial score (nSPS) is 17.3. The summed E-state index contributed by atoms with van der Waals surface area (Å²) in [6, 6.07) is 6.01. The van der Waals surface area contributed by atoms with Crippen LogP contribution in [0.15, 0.2) is 18.2 Å². The molecular weight excluding hydrogens is 250 g/mol. The molecule has 0 amide bonds. The van der Waals surface area contributed by atoms with Crippen LogP contribution in [-0.4, -0.2) is 43.2 Å². The summed E-state index contributed by atoms with van der Waals surface area (Å²) in [5.41, 5.74) is 8.16. The number of ether oxygens (including phenoxy) is 1. The van der Waals surface area contributed by atoms with Crippen molar-refractivity contribution in [3.05, 3.63) is 18.2 Å². The fourth-order valence-electron chi connectivity index (χ4n) is 2.67. The van der Waals surface area contributed by atoms with Gasteiger partial charge in [-0.2, -0.15) is 0 Å². The average molecular weight is 277 g/mol. The molecule has 20 heavy (non-hydrogen) atoms. The van der Waals surface area contributed by atoms with Crippen LogP contribution in [-0.2, 0) is 0 Å². The molecule has 1 aromatic carbocycles. The SMILES string of the molecule is CCOc1cc(N)cc(N2CCN(C(C)(C)C)CC2)c1. The van der Waals surface area contributed by atoms with Gasteiger partial charge >= 0.3 is 0 Å². The fraction of sp³-hybridized carbons (Fsp3) is 0.625. The number of anilines is 2. The van der Waals surface area contributed by atoms with E-state index in [0.717, 1.165) is 37.6 Å². The van der Waals surface area contributed by atoms with E-state index in [4.69, 9.17) is 10.5 Å². The second-order valence-corrected chi connectivity index (χ2v) is 6.34. The average Bonchev–Trinajstić information content (AvgIpc) is 2.37. The number of hydrogen-bond donors (Lipinski definition) is 1. The summed E-state index contributed by atoms with van der Waals surface area (Å²) >= 11 is 0. The molecule has 0 unspecified atom stereocenters. The van der Waals surface area contributed by atoms with Gasteiger partial charge in [0.2, 0.25) is 0 Å². The Morgan fingerprint density at radius 3 is 2.30 bits per heavy atom. The van der Waals surface area contributed by atoms with Crippen LogP contribution in [0.4, 0.5) is 11.4 Å². The van der Waals surface area contributed by atoms with E-state index in [1.807, 2.05) is 19.1 Å². The lowest BCUT2D eigenvalue weighted by Gasteiger charge is -2.43. The van der Waals surface area contributed by atoms with Crippen LogP contribution < -0.4 is 15.4 Å². The number of hydrogen-bond acceptors (Lipinski definition) is 4. The zero-order valence-corrected chi connectivity index (χ0v) is 13.1. The first-order valence-corrected chi connectivity index (χ1v) is 7.43. The van der Waals surface area contributed by atoms with Gasteiger partial charge in [0, 0.05) is 55.2 Å². The lowest BCUT2D eigenvalue weighted by Crippen LogP contribution is -2.53. The van der Waals surface area contributed by atoms with Gasteiger partial charge in [0.25, 0.3) is 0 Å². The Morgan fingerprint density at radius 2 is 1.75 bits per heavy atom. The predicted octanol–water partition coefficient (Wildman–Crippen LogP) is 2.59. The van der Waals surface area contributed by atoms with Crippen LogP contribution in [0, 0.1) is 0 Å². The summed E-state index contributed by atoms with van der Waals surface area (Å²) in [7, 11) is 0. The van der Waals surface area contributed by atoms with Gasteiger partial charge in [-0.25, -0.2) is 0 Å². The van der Waals surface area contributed by atoms with Crippen LogP contribution >= 0.6 is 0 Å². The molecule has 112 valence electrons. The highest BCUT2D eigenvalue weighted by molar-refractivity contribution is 5.60. The Morgan fingerprint density at radius 1 is 1.10 bits per heavy atom. The molecule has 2 N–H and O–H groups in total. The highest BCUT2D eigenvalue weighted by Crippen LogP contribution is 2.27. The zero-order chi connectivity index (χ0) is 14.8. The first-order valence-electron chi connectivity index (χ1n) is 7.43. The second kappa shape index (κ2) is 5.92. The van der Waals surface area contributed by atoms with Gasteiger partial charge in [-0.3, -0.25) is 4.90 Å². The quantitative estimate of drug-likeness (QED) is 0.862. The van der Waals surface area contributed by atoms with E-state index in [1.165, 1.54) is 5.69 Å². The highest BCUT2D eigenvalue weighted by Gasteiger charge is 2.26. The molecule has 1 aromatic rings. The van der Waals surface area contributed by atoms with Crippen LogP contribution in [0.3, 0.4) is 0 Å². The Hall–Kier alpha value is -1.42. The van der Waals surface area contributed by atoms with Gasteiger partial charge < -0.3 is 15.4 Å². The van der Waals surface area contributed by atoms with Gasteiger partial charge in [-0.1, -0.05) is 0 Å². The number of rotatable bonds is 3. The minimum atomic E-state index is 0.248. The maximum atomic E-state index is 5.98. The summed E-state index contributed by atoms with van der Waals surface area (Å²) in [6.07, 6.45) is 0. The van der Waals surface area contributed by atoms with E-state index in [9.17, 15) is 0 Å².